The van der Waals surface area contributed by atoms with Crippen molar-refractivity contribution in [2.75, 3.05) is 0 Å². The number of Topliss-reactive ketones (excluding diaryl/α,β-unsaturated/α-hetero) is 1. The number of furan rings is 1. The van der Waals surface area contributed by atoms with Gasteiger partial charge in [0.05, 0.1) is 12.3 Å². The fourth-order valence-electron chi connectivity index (χ4n) is 1.73. The number of halogens is 1. The fraction of sp³-hybridized carbons (Fsp3) is 0.143. The number of carbonyl (C=O) groups is 1. The lowest BCUT2D eigenvalue weighted by molar-refractivity contribution is 0.0951. The molecule has 0 saturated carbocycles. The van der Waals surface area contributed by atoms with E-state index in [0.29, 0.717) is 16.1 Å². The fourth-order valence-corrected chi connectivity index (χ4v) is 1.98. The number of nitriles is 1. The van der Waals surface area contributed by atoms with Crippen LogP contribution in [0.4, 0.5) is 0 Å². The van der Waals surface area contributed by atoms with Crippen LogP contribution in [-0.4, -0.2) is 5.78 Å². The Morgan fingerprint density at radius 1 is 1.39 bits per heavy atom. The Bertz CT molecular complexity index is 625. The third-order valence-corrected chi connectivity index (χ3v) is 3.04. The van der Waals surface area contributed by atoms with Gasteiger partial charge in [-0.05, 0) is 30.2 Å². The summed E-state index contributed by atoms with van der Waals surface area (Å²) in [6.45, 7) is 1.76. The molecule has 2 aromatic rings. The van der Waals surface area contributed by atoms with E-state index in [-0.39, 0.29) is 11.5 Å². The van der Waals surface area contributed by atoms with Gasteiger partial charge in [-0.15, -0.1) is 0 Å². The Kier molecular flexibility index (Phi) is 3.50. The Labute approximate surface area is 110 Å². The van der Waals surface area contributed by atoms with Crippen LogP contribution in [0, 0.1) is 18.3 Å². The molecule has 4 heteroatoms. The maximum atomic E-state index is 12.2. The van der Waals surface area contributed by atoms with Crippen LogP contribution >= 0.6 is 11.6 Å². The van der Waals surface area contributed by atoms with Gasteiger partial charge in [-0.25, -0.2) is 0 Å². The van der Waals surface area contributed by atoms with Crippen LogP contribution in [0.3, 0.4) is 0 Å². The van der Waals surface area contributed by atoms with Crippen LogP contribution in [0.15, 0.2) is 41.0 Å². The maximum Gasteiger partial charge on any atom is 0.219 e. The molecule has 90 valence electrons. The van der Waals surface area contributed by atoms with Crippen LogP contribution in [0.1, 0.15) is 27.6 Å². The van der Waals surface area contributed by atoms with Gasteiger partial charge in [0, 0.05) is 5.02 Å². The second-order valence-corrected chi connectivity index (χ2v) is 4.29. The van der Waals surface area contributed by atoms with E-state index in [1.54, 1.807) is 37.3 Å². The molecule has 3 nitrogen and oxygen atoms in total. The molecular weight excluding hydrogens is 250 g/mol. The largest absolute Gasteiger partial charge is 0.461 e. The second-order valence-electron chi connectivity index (χ2n) is 3.88. The highest BCUT2D eigenvalue weighted by molar-refractivity contribution is 6.31. The molecule has 1 heterocycles. The van der Waals surface area contributed by atoms with E-state index in [4.69, 9.17) is 16.0 Å². The predicted octanol–water partition coefficient (Wildman–Crippen LogP) is 3.73. The summed E-state index contributed by atoms with van der Waals surface area (Å²) < 4.78 is 5.13. The summed E-state index contributed by atoms with van der Waals surface area (Å²) >= 11 is 6.01. The molecule has 2 rings (SSSR count). The highest BCUT2D eigenvalue weighted by atomic mass is 35.5. The summed E-state index contributed by atoms with van der Waals surface area (Å²) in [5.41, 5.74) is 1.22. The predicted molar refractivity (Wildman–Crippen MR) is 67.6 cm³/mol. The van der Waals surface area contributed by atoms with E-state index in [9.17, 15) is 10.1 Å². The first kappa shape index (κ1) is 12.4. The van der Waals surface area contributed by atoms with Gasteiger partial charge in [0.15, 0.2) is 5.76 Å². The van der Waals surface area contributed by atoms with Gasteiger partial charge in [-0.1, -0.05) is 29.8 Å². The number of hydrogen-bond donors (Lipinski definition) is 0. The lowest BCUT2D eigenvalue weighted by Crippen LogP contribution is -2.12. The van der Waals surface area contributed by atoms with Crippen molar-refractivity contribution in [3.05, 3.63) is 58.5 Å². The number of nitrogens with zero attached hydrogens (tertiary/aromatic N) is 1. The van der Waals surface area contributed by atoms with E-state index in [1.165, 1.54) is 6.26 Å². The van der Waals surface area contributed by atoms with Gasteiger partial charge < -0.3 is 4.42 Å². The van der Waals surface area contributed by atoms with Crippen LogP contribution in [0.2, 0.25) is 5.02 Å². The molecule has 0 aliphatic rings. The van der Waals surface area contributed by atoms with Gasteiger partial charge in [-0.3, -0.25) is 4.79 Å². The smallest absolute Gasteiger partial charge is 0.219 e. The van der Waals surface area contributed by atoms with Crippen molar-refractivity contribution in [1.82, 2.24) is 0 Å². The van der Waals surface area contributed by atoms with Crippen molar-refractivity contribution >= 4 is 17.4 Å². The van der Waals surface area contributed by atoms with Crippen molar-refractivity contribution in [2.24, 2.45) is 0 Å². The SMILES string of the molecule is Cc1ccoc1C(=O)C(C#N)c1ccccc1Cl. The number of rotatable bonds is 3. The minimum absolute atomic E-state index is 0.210. The Balaban J connectivity index is 2.43. The Morgan fingerprint density at radius 3 is 2.67 bits per heavy atom. The second kappa shape index (κ2) is 5.07. The first-order valence-electron chi connectivity index (χ1n) is 5.37. The van der Waals surface area contributed by atoms with Crippen molar-refractivity contribution in [3.63, 3.8) is 0 Å². The first-order valence-corrected chi connectivity index (χ1v) is 5.75. The minimum atomic E-state index is -0.941. The zero-order valence-electron chi connectivity index (χ0n) is 9.68. The van der Waals surface area contributed by atoms with Crippen molar-refractivity contribution in [1.29, 1.82) is 5.26 Å². The monoisotopic (exact) mass is 259 g/mol. The molecule has 18 heavy (non-hydrogen) atoms. The van der Waals surface area contributed by atoms with E-state index in [1.807, 2.05) is 6.07 Å². The molecule has 0 bridgehead atoms. The maximum absolute atomic E-state index is 12.2. The number of carbonyl (C=O) groups excluding carboxylic acids is 1. The number of hydrogen-bond acceptors (Lipinski definition) is 3. The van der Waals surface area contributed by atoms with Crippen molar-refractivity contribution in [3.8, 4) is 6.07 Å². The highest BCUT2D eigenvalue weighted by Gasteiger charge is 2.27. The van der Waals surface area contributed by atoms with E-state index >= 15 is 0 Å². The molecule has 0 fully saturated rings. The van der Waals surface area contributed by atoms with Crippen LogP contribution < -0.4 is 0 Å². The minimum Gasteiger partial charge on any atom is -0.461 e. The summed E-state index contributed by atoms with van der Waals surface area (Å²) in [4.78, 5) is 12.2. The molecular formula is C14H10ClNO2. The van der Waals surface area contributed by atoms with Crippen LogP contribution in [0.5, 0.6) is 0 Å². The normalized spacial score (nSPS) is 11.8. The first-order chi connectivity index (χ1) is 8.65. The topological polar surface area (TPSA) is 54.0 Å². The van der Waals surface area contributed by atoms with E-state index in [0.717, 1.165) is 0 Å². The molecule has 0 amide bonds. The quantitative estimate of drug-likeness (QED) is 0.789. The summed E-state index contributed by atoms with van der Waals surface area (Å²) in [7, 11) is 0. The Morgan fingerprint density at radius 2 is 2.11 bits per heavy atom. The van der Waals surface area contributed by atoms with E-state index in [2.05, 4.69) is 0 Å². The molecule has 0 radical (unpaired) electrons. The molecule has 0 saturated heterocycles. The summed E-state index contributed by atoms with van der Waals surface area (Å²) in [5.74, 6) is -1.10. The molecule has 1 unspecified atom stereocenters. The molecule has 1 aromatic carbocycles. The molecule has 1 atom stereocenters. The standard InChI is InChI=1S/C14H10ClNO2/c1-9-6-7-18-14(9)13(17)11(8-16)10-4-2-3-5-12(10)15/h2-7,11H,1H3. The van der Waals surface area contributed by atoms with Crippen molar-refractivity contribution < 1.29 is 9.21 Å². The molecule has 1 aromatic heterocycles. The number of aryl methyl sites for hydroxylation is 1. The highest BCUT2D eigenvalue weighted by Crippen LogP contribution is 2.28. The number of ketones is 1. The van der Waals surface area contributed by atoms with Gasteiger partial charge in [0.1, 0.15) is 5.92 Å². The zero-order chi connectivity index (χ0) is 13.1. The van der Waals surface area contributed by atoms with E-state index < -0.39 is 5.92 Å². The summed E-state index contributed by atoms with van der Waals surface area (Å²) in [5, 5.41) is 9.60. The van der Waals surface area contributed by atoms with Crippen LogP contribution in [0.25, 0.3) is 0 Å². The van der Waals surface area contributed by atoms with Crippen LogP contribution in [-0.2, 0) is 0 Å². The Hall–Kier alpha value is -2.05. The summed E-state index contributed by atoms with van der Waals surface area (Å²) in [6, 6.07) is 10.5. The molecule has 0 aliphatic heterocycles. The average Bonchev–Trinajstić information content (AvgIpc) is 2.78. The van der Waals surface area contributed by atoms with Gasteiger partial charge in [0.2, 0.25) is 5.78 Å². The lowest BCUT2D eigenvalue weighted by Gasteiger charge is -2.09. The molecule has 0 spiro atoms. The third-order valence-electron chi connectivity index (χ3n) is 2.69. The molecule has 0 aliphatic carbocycles. The number of benzene rings is 1. The van der Waals surface area contributed by atoms with Crippen molar-refractivity contribution in [2.45, 2.75) is 12.8 Å². The van der Waals surface area contributed by atoms with Gasteiger partial charge in [0.25, 0.3) is 0 Å². The lowest BCUT2D eigenvalue weighted by atomic mass is 9.94. The van der Waals surface area contributed by atoms with Gasteiger partial charge >= 0.3 is 0 Å². The zero-order valence-corrected chi connectivity index (χ0v) is 10.4. The average molecular weight is 260 g/mol. The summed E-state index contributed by atoms with van der Waals surface area (Å²) in [6.07, 6.45) is 1.43. The van der Waals surface area contributed by atoms with Gasteiger partial charge in [-0.2, -0.15) is 5.26 Å². The molecule has 0 N–H and O–H groups in total. The third kappa shape index (κ3) is 2.15.